The van der Waals surface area contributed by atoms with Crippen LogP contribution in [0.2, 0.25) is 0 Å². The molecular weight excluding hydrogens is 240 g/mol. The Morgan fingerprint density at radius 1 is 1.47 bits per heavy atom. The van der Waals surface area contributed by atoms with E-state index in [0.29, 0.717) is 26.2 Å². The van der Waals surface area contributed by atoms with E-state index in [1.54, 1.807) is 0 Å². The lowest BCUT2D eigenvalue weighted by Gasteiger charge is -2.35. The molecule has 2 rings (SSSR count). The largest absolute Gasteiger partial charge is 0.377 e. The molecule has 0 aromatic heterocycles. The second kappa shape index (κ2) is 6.68. The summed E-state index contributed by atoms with van der Waals surface area (Å²) in [6.45, 7) is 3.87. The Morgan fingerprint density at radius 3 is 2.89 bits per heavy atom. The smallest absolute Gasteiger partial charge is 0.239 e. The average molecular weight is 262 g/mol. The van der Waals surface area contributed by atoms with Crippen LogP contribution in [-0.2, 0) is 16.0 Å². The molecule has 1 aromatic rings. The summed E-state index contributed by atoms with van der Waals surface area (Å²) in [6, 6.07) is 9.84. The van der Waals surface area contributed by atoms with E-state index in [9.17, 15) is 4.79 Å². The van der Waals surface area contributed by atoms with Crippen molar-refractivity contribution in [1.29, 1.82) is 0 Å². The number of nitrogens with zero attached hydrogens (tertiary/aromatic N) is 1. The van der Waals surface area contributed by atoms with Gasteiger partial charge in [-0.3, -0.25) is 4.79 Å². The first kappa shape index (κ1) is 14.0. The summed E-state index contributed by atoms with van der Waals surface area (Å²) in [5, 5.41) is 0. The maximum absolute atomic E-state index is 12.3. The van der Waals surface area contributed by atoms with Gasteiger partial charge in [0.05, 0.1) is 25.3 Å². The molecule has 4 heteroatoms. The first-order valence-electron chi connectivity index (χ1n) is 6.86. The van der Waals surface area contributed by atoms with Gasteiger partial charge in [-0.1, -0.05) is 30.3 Å². The highest BCUT2D eigenvalue weighted by Gasteiger charge is 2.27. The van der Waals surface area contributed by atoms with Crippen molar-refractivity contribution >= 4 is 5.91 Å². The molecule has 19 heavy (non-hydrogen) atoms. The highest BCUT2D eigenvalue weighted by atomic mass is 16.5. The van der Waals surface area contributed by atoms with Crippen LogP contribution in [0.1, 0.15) is 18.9 Å². The first-order valence-corrected chi connectivity index (χ1v) is 6.86. The van der Waals surface area contributed by atoms with Gasteiger partial charge in [0.2, 0.25) is 5.91 Å². The zero-order chi connectivity index (χ0) is 13.7. The van der Waals surface area contributed by atoms with Gasteiger partial charge in [-0.05, 0) is 25.3 Å². The summed E-state index contributed by atoms with van der Waals surface area (Å²) in [4.78, 5) is 14.1. The third kappa shape index (κ3) is 3.78. The monoisotopic (exact) mass is 262 g/mol. The quantitative estimate of drug-likeness (QED) is 0.887. The normalized spacial score (nSPS) is 21.2. The van der Waals surface area contributed by atoms with Crippen LogP contribution in [0.25, 0.3) is 0 Å². The van der Waals surface area contributed by atoms with Gasteiger partial charge in [0, 0.05) is 6.54 Å². The molecule has 1 heterocycles. The molecule has 1 aliphatic heterocycles. The number of rotatable bonds is 4. The van der Waals surface area contributed by atoms with Gasteiger partial charge in [-0.15, -0.1) is 0 Å². The molecule has 0 aliphatic carbocycles. The van der Waals surface area contributed by atoms with Crippen LogP contribution < -0.4 is 5.73 Å². The fourth-order valence-corrected chi connectivity index (χ4v) is 2.36. The number of hydrogen-bond donors (Lipinski definition) is 1. The number of amides is 1. The fraction of sp³-hybridized carbons (Fsp3) is 0.533. The Kier molecular flexibility index (Phi) is 4.93. The van der Waals surface area contributed by atoms with Crippen molar-refractivity contribution in [3.63, 3.8) is 0 Å². The lowest BCUT2D eigenvalue weighted by molar-refractivity contribution is -0.140. The van der Waals surface area contributed by atoms with E-state index < -0.39 is 6.04 Å². The molecule has 1 amide bonds. The van der Waals surface area contributed by atoms with E-state index >= 15 is 0 Å². The van der Waals surface area contributed by atoms with E-state index in [2.05, 4.69) is 12.1 Å². The van der Waals surface area contributed by atoms with E-state index in [1.807, 2.05) is 30.0 Å². The third-order valence-electron chi connectivity index (χ3n) is 3.55. The Balaban J connectivity index is 1.85. The first-order chi connectivity index (χ1) is 9.18. The van der Waals surface area contributed by atoms with Gasteiger partial charge in [0.25, 0.3) is 0 Å². The van der Waals surface area contributed by atoms with Crippen molar-refractivity contribution in [3.8, 4) is 0 Å². The standard InChI is InChI=1S/C15H22N2O2/c1-12-11-19-10-9-17(12)15(18)14(16)8-7-13-5-3-2-4-6-13/h2-6,12,14H,7-11,16H2,1H3/t12-,14?/m1/s1. The van der Waals surface area contributed by atoms with Crippen LogP contribution in [0.3, 0.4) is 0 Å². The molecule has 0 radical (unpaired) electrons. The molecule has 1 unspecified atom stereocenters. The molecular formula is C15H22N2O2. The maximum atomic E-state index is 12.3. The minimum absolute atomic E-state index is 0.0479. The number of aryl methyl sites for hydroxylation is 1. The van der Waals surface area contributed by atoms with Crippen molar-refractivity contribution in [2.75, 3.05) is 19.8 Å². The molecule has 104 valence electrons. The topological polar surface area (TPSA) is 55.6 Å². The summed E-state index contributed by atoms with van der Waals surface area (Å²) in [5.41, 5.74) is 7.25. The number of nitrogens with two attached hydrogens (primary N) is 1. The van der Waals surface area contributed by atoms with Crippen molar-refractivity contribution in [2.24, 2.45) is 5.73 Å². The van der Waals surface area contributed by atoms with Crippen molar-refractivity contribution in [3.05, 3.63) is 35.9 Å². The average Bonchev–Trinajstić information content (AvgIpc) is 2.45. The van der Waals surface area contributed by atoms with E-state index in [-0.39, 0.29) is 11.9 Å². The summed E-state index contributed by atoms with van der Waals surface area (Å²) >= 11 is 0. The molecule has 1 saturated heterocycles. The predicted octanol–water partition coefficient (Wildman–Crippen LogP) is 1.19. The number of morpholine rings is 1. The number of ether oxygens (including phenoxy) is 1. The predicted molar refractivity (Wildman–Crippen MR) is 74.7 cm³/mol. The minimum Gasteiger partial charge on any atom is -0.377 e. The number of carbonyl (C=O) groups excluding carboxylic acids is 1. The van der Waals surface area contributed by atoms with Crippen molar-refractivity contribution in [1.82, 2.24) is 4.90 Å². The van der Waals surface area contributed by atoms with Crippen LogP contribution in [0.4, 0.5) is 0 Å². The van der Waals surface area contributed by atoms with Gasteiger partial charge >= 0.3 is 0 Å². The molecule has 0 spiro atoms. The van der Waals surface area contributed by atoms with Gasteiger partial charge in [-0.25, -0.2) is 0 Å². The molecule has 2 N–H and O–H groups in total. The Labute approximate surface area is 114 Å². The van der Waals surface area contributed by atoms with E-state index in [4.69, 9.17) is 10.5 Å². The van der Waals surface area contributed by atoms with Crippen molar-refractivity contribution in [2.45, 2.75) is 31.8 Å². The van der Waals surface area contributed by atoms with E-state index in [1.165, 1.54) is 5.56 Å². The Bertz CT molecular complexity index is 408. The Morgan fingerprint density at radius 2 is 2.21 bits per heavy atom. The molecule has 4 nitrogen and oxygen atoms in total. The summed E-state index contributed by atoms with van der Waals surface area (Å²) in [6.07, 6.45) is 1.53. The molecule has 1 aliphatic rings. The van der Waals surface area contributed by atoms with E-state index in [0.717, 1.165) is 6.42 Å². The van der Waals surface area contributed by atoms with Crippen molar-refractivity contribution < 1.29 is 9.53 Å². The molecule has 0 bridgehead atoms. The third-order valence-corrected chi connectivity index (χ3v) is 3.55. The summed E-state index contributed by atoms with van der Waals surface area (Å²) < 4.78 is 5.34. The van der Waals surface area contributed by atoms with Crippen LogP contribution in [-0.4, -0.2) is 42.6 Å². The second-order valence-corrected chi connectivity index (χ2v) is 5.09. The molecule has 0 saturated carbocycles. The van der Waals surface area contributed by atoms with Gasteiger partial charge < -0.3 is 15.4 Å². The lowest BCUT2D eigenvalue weighted by Crippen LogP contribution is -2.53. The number of carbonyl (C=O) groups is 1. The second-order valence-electron chi connectivity index (χ2n) is 5.09. The lowest BCUT2D eigenvalue weighted by atomic mass is 10.0. The number of benzene rings is 1. The maximum Gasteiger partial charge on any atom is 0.239 e. The zero-order valence-electron chi connectivity index (χ0n) is 11.4. The summed E-state index contributed by atoms with van der Waals surface area (Å²) in [7, 11) is 0. The van der Waals surface area contributed by atoms with Gasteiger partial charge in [0.15, 0.2) is 0 Å². The molecule has 1 aromatic carbocycles. The Hall–Kier alpha value is -1.39. The van der Waals surface area contributed by atoms with Gasteiger partial charge in [0.1, 0.15) is 0 Å². The van der Waals surface area contributed by atoms with Gasteiger partial charge in [-0.2, -0.15) is 0 Å². The highest BCUT2D eigenvalue weighted by molar-refractivity contribution is 5.82. The van der Waals surface area contributed by atoms with Crippen LogP contribution in [0, 0.1) is 0 Å². The highest BCUT2D eigenvalue weighted by Crippen LogP contribution is 2.11. The number of hydrogen-bond acceptors (Lipinski definition) is 3. The fourth-order valence-electron chi connectivity index (χ4n) is 2.36. The minimum atomic E-state index is -0.416. The van der Waals surface area contributed by atoms with Crippen LogP contribution in [0.15, 0.2) is 30.3 Å². The molecule has 2 atom stereocenters. The zero-order valence-corrected chi connectivity index (χ0v) is 11.4. The van der Waals surface area contributed by atoms with Crippen LogP contribution >= 0.6 is 0 Å². The molecule has 1 fully saturated rings. The SMILES string of the molecule is C[C@@H]1COCCN1C(=O)C(N)CCc1ccccc1. The van der Waals surface area contributed by atoms with Crippen LogP contribution in [0.5, 0.6) is 0 Å². The summed E-state index contributed by atoms with van der Waals surface area (Å²) in [5.74, 6) is 0.0479.